The first-order chi connectivity index (χ1) is 16.8. The van der Waals surface area contributed by atoms with Crippen molar-refractivity contribution in [2.24, 2.45) is 11.7 Å². The predicted octanol–water partition coefficient (Wildman–Crippen LogP) is 5.04. The smallest absolute Gasteiger partial charge is 0.229 e. The maximum atomic E-state index is 12.8. The minimum absolute atomic E-state index is 0.113. The van der Waals surface area contributed by atoms with Crippen LogP contribution in [0.2, 0.25) is 0 Å². The Morgan fingerprint density at radius 1 is 1.11 bits per heavy atom. The summed E-state index contributed by atoms with van der Waals surface area (Å²) >= 11 is 0. The van der Waals surface area contributed by atoms with E-state index >= 15 is 0 Å². The van der Waals surface area contributed by atoms with E-state index in [1.807, 2.05) is 12.1 Å². The molecule has 4 N–H and O–H groups in total. The monoisotopic (exact) mass is 501 g/mol. The Kier molecular flexibility index (Phi) is 9.98. The van der Waals surface area contributed by atoms with Crippen LogP contribution in [0.5, 0.6) is 5.75 Å². The second kappa shape index (κ2) is 12.9. The Hall–Kier alpha value is -2.58. The van der Waals surface area contributed by atoms with E-state index in [0.717, 1.165) is 17.9 Å². The van der Waals surface area contributed by atoms with Gasteiger partial charge in [-0.2, -0.15) is 0 Å². The number of amides is 1. The van der Waals surface area contributed by atoms with E-state index < -0.39 is 10.0 Å². The zero-order valence-electron chi connectivity index (χ0n) is 20.9. The molecular weight excluding hydrogens is 462 g/mol. The van der Waals surface area contributed by atoms with Crippen molar-refractivity contribution in [3.05, 3.63) is 53.6 Å². The van der Waals surface area contributed by atoms with E-state index in [9.17, 15) is 13.2 Å². The quantitative estimate of drug-likeness (QED) is 0.377. The van der Waals surface area contributed by atoms with Gasteiger partial charge >= 0.3 is 0 Å². The number of unbranched alkanes of at least 4 members (excludes halogenated alkanes) is 1. The van der Waals surface area contributed by atoms with Crippen LogP contribution in [0, 0.1) is 5.92 Å². The van der Waals surface area contributed by atoms with Crippen molar-refractivity contribution in [2.75, 3.05) is 29.4 Å². The molecule has 0 bridgehead atoms. The lowest BCUT2D eigenvalue weighted by molar-refractivity contribution is -0.115. The summed E-state index contributed by atoms with van der Waals surface area (Å²) in [6, 6.07) is 13.2. The molecular formula is C27H39N3O4S. The van der Waals surface area contributed by atoms with Crippen LogP contribution in [0.4, 0.5) is 11.4 Å². The number of carbonyl (C=O) groups excluding carboxylic acids is 1. The average molecular weight is 502 g/mol. The maximum absolute atomic E-state index is 12.8. The highest BCUT2D eigenvalue weighted by Gasteiger charge is 2.22. The summed E-state index contributed by atoms with van der Waals surface area (Å²) in [4.78, 5) is 12.8. The number of hydrogen-bond acceptors (Lipinski definition) is 5. The van der Waals surface area contributed by atoms with Gasteiger partial charge in [-0.3, -0.25) is 9.52 Å². The molecule has 1 amide bonds. The highest BCUT2D eigenvalue weighted by molar-refractivity contribution is 7.92. The van der Waals surface area contributed by atoms with Crippen LogP contribution < -0.4 is 20.5 Å². The molecule has 1 aliphatic rings. The van der Waals surface area contributed by atoms with Crippen LogP contribution in [0.1, 0.15) is 68.9 Å². The summed E-state index contributed by atoms with van der Waals surface area (Å²) in [5.41, 5.74) is 8.54. The minimum atomic E-state index is -3.50. The van der Waals surface area contributed by atoms with Crippen molar-refractivity contribution in [1.82, 2.24) is 0 Å². The summed E-state index contributed by atoms with van der Waals surface area (Å²) in [6.45, 7) is 2.82. The van der Waals surface area contributed by atoms with Crippen molar-refractivity contribution in [2.45, 2.75) is 64.2 Å². The topological polar surface area (TPSA) is 111 Å². The van der Waals surface area contributed by atoms with Crippen molar-refractivity contribution >= 4 is 27.3 Å². The number of ether oxygens (including phenoxy) is 1. The lowest BCUT2D eigenvalue weighted by Crippen LogP contribution is -2.17. The molecule has 0 spiro atoms. The second-order valence-corrected chi connectivity index (χ2v) is 11.3. The van der Waals surface area contributed by atoms with Gasteiger partial charge in [0.15, 0.2) is 0 Å². The summed E-state index contributed by atoms with van der Waals surface area (Å²) in [5, 5.41) is 3.00. The minimum Gasteiger partial charge on any atom is -0.490 e. The molecule has 1 saturated carbocycles. The van der Waals surface area contributed by atoms with Crippen molar-refractivity contribution in [1.29, 1.82) is 0 Å². The van der Waals surface area contributed by atoms with Crippen LogP contribution >= 0.6 is 0 Å². The number of anilines is 2. The van der Waals surface area contributed by atoms with Gasteiger partial charge in [-0.05, 0) is 72.9 Å². The van der Waals surface area contributed by atoms with Gasteiger partial charge < -0.3 is 15.8 Å². The SMILES string of the molecule is CCCCC1CCC(c2cccc(NC(=O)Cc3ccc(OCCN)c(NS(C)(=O)=O)c3)c2)CC1. The van der Waals surface area contributed by atoms with Gasteiger partial charge in [-0.1, -0.05) is 44.4 Å². The standard InChI is InChI=1S/C27H39N3O4S/c1-3-4-6-20-9-12-22(13-10-20)23-7-5-8-24(19-23)29-27(31)18-21-11-14-26(34-16-15-28)25(17-21)30-35(2,32)33/h5,7-8,11,14,17,19-20,22,30H,3-4,6,9-10,12-13,15-16,18,28H2,1-2H3,(H,29,31). The number of sulfonamides is 1. The molecule has 2 aromatic rings. The van der Waals surface area contributed by atoms with Gasteiger partial charge in [-0.25, -0.2) is 8.42 Å². The van der Waals surface area contributed by atoms with Crippen LogP contribution in [0.25, 0.3) is 0 Å². The zero-order valence-corrected chi connectivity index (χ0v) is 21.7. The van der Waals surface area contributed by atoms with E-state index in [1.165, 1.54) is 50.5 Å². The predicted molar refractivity (Wildman–Crippen MR) is 142 cm³/mol. The summed E-state index contributed by atoms with van der Waals surface area (Å²) in [5.74, 6) is 1.63. The van der Waals surface area contributed by atoms with Gasteiger partial charge in [0.1, 0.15) is 12.4 Å². The Morgan fingerprint density at radius 2 is 1.89 bits per heavy atom. The van der Waals surface area contributed by atoms with Crippen LogP contribution in [0.3, 0.4) is 0 Å². The molecule has 0 atom stereocenters. The number of rotatable bonds is 12. The van der Waals surface area contributed by atoms with E-state index in [2.05, 4.69) is 29.1 Å². The van der Waals surface area contributed by atoms with E-state index in [1.54, 1.807) is 18.2 Å². The fourth-order valence-electron chi connectivity index (χ4n) is 4.80. The van der Waals surface area contributed by atoms with Gasteiger partial charge in [0.05, 0.1) is 18.4 Å². The zero-order chi connectivity index (χ0) is 25.3. The van der Waals surface area contributed by atoms with Crippen molar-refractivity contribution in [3.8, 4) is 5.75 Å². The second-order valence-electron chi connectivity index (χ2n) is 9.55. The summed E-state index contributed by atoms with van der Waals surface area (Å²) in [7, 11) is -3.50. The number of benzene rings is 2. The third-order valence-corrected chi connectivity index (χ3v) is 7.12. The molecule has 0 aliphatic heterocycles. The number of hydrogen-bond donors (Lipinski definition) is 3. The molecule has 1 aliphatic carbocycles. The van der Waals surface area contributed by atoms with E-state index in [4.69, 9.17) is 10.5 Å². The molecule has 0 heterocycles. The Morgan fingerprint density at radius 3 is 2.57 bits per heavy atom. The highest BCUT2D eigenvalue weighted by atomic mass is 32.2. The van der Waals surface area contributed by atoms with Gasteiger partial charge in [-0.15, -0.1) is 0 Å². The van der Waals surface area contributed by atoms with E-state index in [0.29, 0.717) is 29.5 Å². The first-order valence-corrected chi connectivity index (χ1v) is 14.5. The normalized spacial score (nSPS) is 18.1. The third-order valence-electron chi connectivity index (χ3n) is 6.53. The lowest BCUT2D eigenvalue weighted by atomic mass is 9.77. The maximum Gasteiger partial charge on any atom is 0.229 e. The summed E-state index contributed by atoms with van der Waals surface area (Å²) < 4.78 is 31.5. The average Bonchev–Trinajstić information content (AvgIpc) is 2.82. The Balaban J connectivity index is 1.62. The Labute approximate surface area is 209 Å². The molecule has 3 rings (SSSR count). The first kappa shape index (κ1) is 27.0. The molecule has 192 valence electrons. The van der Waals surface area contributed by atoms with E-state index in [-0.39, 0.29) is 18.9 Å². The number of nitrogens with two attached hydrogens (primary N) is 1. The number of nitrogens with one attached hydrogen (secondary N) is 2. The van der Waals surface area contributed by atoms with Crippen LogP contribution in [0.15, 0.2) is 42.5 Å². The Bertz CT molecular complexity index is 1080. The van der Waals surface area contributed by atoms with Gasteiger partial charge in [0.2, 0.25) is 15.9 Å². The number of carbonyl (C=O) groups is 1. The largest absolute Gasteiger partial charge is 0.490 e. The summed E-state index contributed by atoms with van der Waals surface area (Å²) in [6.07, 6.45) is 10.1. The molecule has 0 unspecified atom stereocenters. The fraction of sp³-hybridized carbons (Fsp3) is 0.519. The molecule has 2 aromatic carbocycles. The highest BCUT2D eigenvalue weighted by Crippen LogP contribution is 2.38. The molecule has 0 aromatic heterocycles. The lowest BCUT2D eigenvalue weighted by Gasteiger charge is -2.29. The molecule has 0 saturated heterocycles. The molecule has 7 nitrogen and oxygen atoms in total. The third kappa shape index (κ3) is 8.85. The first-order valence-electron chi connectivity index (χ1n) is 12.6. The molecule has 1 fully saturated rings. The van der Waals surface area contributed by atoms with Crippen LogP contribution in [-0.2, 0) is 21.2 Å². The molecule has 8 heteroatoms. The van der Waals surface area contributed by atoms with Gasteiger partial charge in [0.25, 0.3) is 0 Å². The van der Waals surface area contributed by atoms with Crippen LogP contribution in [-0.4, -0.2) is 33.7 Å². The van der Waals surface area contributed by atoms with Crippen molar-refractivity contribution in [3.63, 3.8) is 0 Å². The fourth-order valence-corrected chi connectivity index (χ4v) is 5.36. The molecule has 35 heavy (non-hydrogen) atoms. The molecule has 0 radical (unpaired) electrons. The van der Waals surface area contributed by atoms with Crippen molar-refractivity contribution < 1.29 is 17.9 Å². The van der Waals surface area contributed by atoms with Gasteiger partial charge in [0, 0.05) is 12.2 Å².